The van der Waals surface area contributed by atoms with E-state index < -0.39 is 10.0 Å². The molecule has 1 aliphatic heterocycles. The van der Waals surface area contributed by atoms with Crippen LogP contribution >= 0.6 is 15.9 Å². The van der Waals surface area contributed by atoms with Gasteiger partial charge >= 0.3 is 0 Å². The molecule has 138 valence electrons. The fourth-order valence-corrected chi connectivity index (χ4v) is 4.94. The van der Waals surface area contributed by atoms with Gasteiger partial charge < -0.3 is 5.32 Å². The van der Waals surface area contributed by atoms with Gasteiger partial charge in [-0.2, -0.15) is 0 Å². The molecule has 1 amide bonds. The smallest absolute Gasteiger partial charge is 0.228 e. The van der Waals surface area contributed by atoms with Gasteiger partial charge in [0.1, 0.15) is 0 Å². The maximum Gasteiger partial charge on any atom is 0.228 e. The third-order valence-corrected chi connectivity index (χ3v) is 6.80. The maximum absolute atomic E-state index is 12.7. The average molecular weight is 437 g/mol. The first-order chi connectivity index (χ1) is 12.4. The number of piperidine rings is 1. The molecular weight excluding hydrogens is 416 g/mol. The minimum absolute atomic E-state index is 0.0328. The van der Waals surface area contributed by atoms with Crippen LogP contribution in [0.15, 0.2) is 59.1 Å². The molecule has 1 saturated heterocycles. The number of sulfonamides is 1. The van der Waals surface area contributed by atoms with Gasteiger partial charge in [0.2, 0.25) is 15.9 Å². The van der Waals surface area contributed by atoms with Crippen molar-refractivity contribution < 1.29 is 13.2 Å². The van der Waals surface area contributed by atoms with Crippen LogP contribution in [-0.2, 0) is 20.6 Å². The molecule has 1 atom stereocenters. The third-order valence-electron chi connectivity index (χ3n) is 4.45. The van der Waals surface area contributed by atoms with Crippen LogP contribution in [0.4, 0.5) is 5.69 Å². The second-order valence-electron chi connectivity index (χ2n) is 6.44. The van der Waals surface area contributed by atoms with Crippen molar-refractivity contribution in [1.29, 1.82) is 0 Å². The van der Waals surface area contributed by atoms with E-state index in [4.69, 9.17) is 0 Å². The SMILES string of the molecule is O=C(Nc1ccc(Br)cc1)[C@@H]1CCCN(S(=O)(=O)Cc2ccccc2)C1. The molecule has 2 aromatic rings. The van der Waals surface area contributed by atoms with E-state index in [1.165, 1.54) is 4.31 Å². The fraction of sp³-hybridized carbons (Fsp3) is 0.316. The summed E-state index contributed by atoms with van der Waals surface area (Å²) in [5, 5.41) is 2.88. The minimum Gasteiger partial charge on any atom is -0.326 e. The van der Waals surface area contributed by atoms with Gasteiger partial charge in [0.15, 0.2) is 0 Å². The molecule has 0 bridgehead atoms. The molecule has 0 spiro atoms. The summed E-state index contributed by atoms with van der Waals surface area (Å²) >= 11 is 3.36. The summed E-state index contributed by atoms with van der Waals surface area (Å²) in [7, 11) is -3.43. The van der Waals surface area contributed by atoms with Crippen molar-refractivity contribution in [3.8, 4) is 0 Å². The lowest BCUT2D eigenvalue weighted by atomic mass is 9.99. The number of hydrogen-bond acceptors (Lipinski definition) is 3. The van der Waals surface area contributed by atoms with Crippen molar-refractivity contribution in [2.45, 2.75) is 18.6 Å². The Morgan fingerprint density at radius 3 is 2.50 bits per heavy atom. The predicted molar refractivity (Wildman–Crippen MR) is 106 cm³/mol. The summed E-state index contributed by atoms with van der Waals surface area (Å²) < 4.78 is 27.8. The summed E-state index contributed by atoms with van der Waals surface area (Å²) in [4.78, 5) is 12.5. The molecule has 2 aromatic carbocycles. The number of carbonyl (C=O) groups excluding carboxylic acids is 1. The first kappa shape index (κ1) is 19.1. The quantitative estimate of drug-likeness (QED) is 0.777. The Bertz CT molecular complexity index is 854. The molecule has 7 heteroatoms. The Morgan fingerprint density at radius 2 is 1.81 bits per heavy atom. The lowest BCUT2D eigenvalue weighted by Gasteiger charge is -2.31. The van der Waals surface area contributed by atoms with Gasteiger partial charge in [-0.05, 0) is 42.7 Å². The van der Waals surface area contributed by atoms with Gasteiger partial charge in [-0.15, -0.1) is 0 Å². The zero-order chi connectivity index (χ0) is 18.6. The van der Waals surface area contributed by atoms with E-state index in [2.05, 4.69) is 21.2 Å². The van der Waals surface area contributed by atoms with Crippen LogP contribution in [0.5, 0.6) is 0 Å². The topological polar surface area (TPSA) is 66.5 Å². The van der Waals surface area contributed by atoms with Crippen molar-refractivity contribution in [3.63, 3.8) is 0 Å². The molecule has 0 aromatic heterocycles. The summed E-state index contributed by atoms with van der Waals surface area (Å²) in [6, 6.07) is 16.5. The number of hydrogen-bond donors (Lipinski definition) is 1. The number of halogens is 1. The fourth-order valence-electron chi connectivity index (χ4n) is 3.06. The number of anilines is 1. The van der Waals surface area contributed by atoms with E-state index in [-0.39, 0.29) is 24.1 Å². The Kier molecular flexibility index (Phi) is 6.11. The zero-order valence-corrected chi connectivity index (χ0v) is 16.7. The summed E-state index contributed by atoms with van der Waals surface area (Å²) in [6.07, 6.45) is 1.38. The zero-order valence-electron chi connectivity index (χ0n) is 14.3. The lowest BCUT2D eigenvalue weighted by molar-refractivity contribution is -0.120. The van der Waals surface area contributed by atoms with Crippen LogP contribution in [0, 0.1) is 5.92 Å². The molecule has 26 heavy (non-hydrogen) atoms. The highest BCUT2D eigenvalue weighted by Gasteiger charge is 2.32. The van der Waals surface area contributed by atoms with E-state index in [1.54, 1.807) is 12.1 Å². The molecule has 0 radical (unpaired) electrons. The van der Waals surface area contributed by atoms with Crippen LogP contribution in [-0.4, -0.2) is 31.7 Å². The lowest BCUT2D eigenvalue weighted by Crippen LogP contribution is -2.44. The van der Waals surface area contributed by atoms with Gasteiger partial charge in [0.05, 0.1) is 11.7 Å². The molecule has 0 unspecified atom stereocenters. The average Bonchev–Trinajstić information content (AvgIpc) is 2.64. The second-order valence-corrected chi connectivity index (χ2v) is 9.32. The molecule has 1 fully saturated rings. The van der Waals surface area contributed by atoms with Gasteiger partial charge in [-0.1, -0.05) is 46.3 Å². The van der Waals surface area contributed by atoms with Crippen molar-refractivity contribution >= 4 is 37.5 Å². The number of rotatable bonds is 5. The number of amides is 1. The van der Waals surface area contributed by atoms with Crippen molar-refractivity contribution in [3.05, 3.63) is 64.6 Å². The first-order valence-corrected chi connectivity index (χ1v) is 10.9. The van der Waals surface area contributed by atoms with Crippen LogP contribution in [0.2, 0.25) is 0 Å². The number of nitrogens with zero attached hydrogens (tertiary/aromatic N) is 1. The Hall–Kier alpha value is -1.70. The Morgan fingerprint density at radius 1 is 1.12 bits per heavy atom. The van der Waals surface area contributed by atoms with E-state index in [1.807, 2.05) is 42.5 Å². The second kappa shape index (κ2) is 8.33. The minimum atomic E-state index is -3.43. The van der Waals surface area contributed by atoms with Crippen LogP contribution in [0.1, 0.15) is 18.4 Å². The molecule has 0 saturated carbocycles. The van der Waals surface area contributed by atoms with Gasteiger partial charge in [-0.3, -0.25) is 4.79 Å². The van der Waals surface area contributed by atoms with E-state index >= 15 is 0 Å². The highest BCUT2D eigenvalue weighted by Crippen LogP contribution is 2.23. The molecular formula is C19H21BrN2O3S. The van der Waals surface area contributed by atoms with Crippen molar-refractivity contribution in [2.24, 2.45) is 5.92 Å². The van der Waals surface area contributed by atoms with Crippen molar-refractivity contribution in [2.75, 3.05) is 18.4 Å². The van der Waals surface area contributed by atoms with E-state index in [0.29, 0.717) is 25.1 Å². The largest absolute Gasteiger partial charge is 0.326 e. The normalized spacial score (nSPS) is 18.4. The summed E-state index contributed by atoms with van der Waals surface area (Å²) in [5.41, 5.74) is 1.47. The molecule has 1 aliphatic rings. The number of benzene rings is 2. The Balaban J connectivity index is 1.64. The highest BCUT2D eigenvalue weighted by molar-refractivity contribution is 9.10. The van der Waals surface area contributed by atoms with Gasteiger partial charge in [0.25, 0.3) is 0 Å². The molecule has 3 rings (SSSR count). The van der Waals surface area contributed by atoms with E-state index in [9.17, 15) is 13.2 Å². The van der Waals surface area contributed by atoms with Crippen LogP contribution in [0.3, 0.4) is 0 Å². The molecule has 1 N–H and O–H groups in total. The molecule has 5 nitrogen and oxygen atoms in total. The predicted octanol–water partition coefficient (Wildman–Crippen LogP) is 3.63. The highest BCUT2D eigenvalue weighted by atomic mass is 79.9. The standard InChI is InChI=1S/C19H21BrN2O3S/c20-17-8-10-18(11-9-17)21-19(23)16-7-4-12-22(13-16)26(24,25)14-15-5-2-1-3-6-15/h1-3,5-6,8-11,16H,4,7,12-14H2,(H,21,23)/t16-/m1/s1. The maximum atomic E-state index is 12.7. The van der Waals surface area contributed by atoms with Crippen molar-refractivity contribution in [1.82, 2.24) is 4.31 Å². The summed E-state index contributed by atoms with van der Waals surface area (Å²) in [5.74, 6) is -0.501. The van der Waals surface area contributed by atoms with Gasteiger partial charge in [-0.25, -0.2) is 12.7 Å². The summed E-state index contributed by atoms with van der Waals surface area (Å²) in [6.45, 7) is 0.703. The Labute approximate surface area is 162 Å². The molecule has 1 heterocycles. The third kappa shape index (κ3) is 4.93. The number of nitrogens with one attached hydrogen (secondary N) is 1. The van der Waals surface area contributed by atoms with Crippen LogP contribution < -0.4 is 5.32 Å². The molecule has 0 aliphatic carbocycles. The monoisotopic (exact) mass is 436 g/mol. The van der Waals surface area contributed by atoms with Gasteiger partial charge in [0, 0.05) is 23.2 Å². The first-order valence-electron chi connectivity index (χ1n) is 8.52. The van der Waals surface area contributed by atoms with E-state index in [0.717, 1.165) is 10.0 Å². The number of carbonyl (C=O) groups is 1. The van der Waals surface area contributed by atoms with Crippen LogP contribution in [0.25, 0.3) is 0 Å².